The van der Waals surface area contributed by atoms with E-state index in [9.17, 15) is 0 Å². The molecule has 0 saturated carbocycles. The highest BCUT2D eigenvalue weighted by molar-refractivity contribution is 6.26. The third kappa shape index (κ3) is 4.71. The molecule has 0 N–H and O–H groups in total. The van der Waals surface area contributed by atoms with E-state index < -0.39 is 0 Å². The molecule has 9 aromatic carbocycles. The lowest BCUT2D eigenvalue weighted by Gasteiger charge is -2.14. The second-order valence-electron chi connectivity index (χ2n) is 15.1. The fourth-order valence-corrected chi connectivity index (χ4v) is 9.21. The minimum Gasteiger partial charge on any atom is -0.456 e. The fraction of sp³-hybridized carbons (Fsp3) is 0. The Morgan fingerprint density at radius 3 is 1.86 bits per heavy atom. The van der Waals surface area contributed by atoms with Crippen LogP contribution in [-0.4, -0.2) is 19.5 Å². The first-order valence-corrected chi connectivity index (χ1v) is 19.8. The number of hydrogen-bond acceptors (Lipinski definition) is 5. The van der Waals surface area contributed by atoms with E-state index in [4.69, 9.17) is 23.8 Å². The zero-order chi connectivity index (χ0) is 38.6. The molecule has 0 unspecified atom stereocenters. The Morgan fingerprint density at radius 2 is 1.03 bits per heavy atom. The molecular weight excluding hydrogens is 725 g/mol. The summed E-state index contributed by atoms with van der Waals surface area (Å²) in [5.74, 6) is 1.64. The standard InChI is InChI=1S/C53H30N4O2/c1-2-14-32(15-3-1)51-54-52(34-25-27-39-37-19-8-10-23-44(37)58-46(39)30-34)56-53(55-51)57-43-28-26-31-13-4-6-17-35(31)47(43)40-21-12-22-41(49(40)57)48-36-18-7-5-16-33(36)29-42-38-20-9-11-24-45(38)59-50(42)48/h1-30H. The van der Waals surface area contributed by atoms with Gasteiger partial charge in [0, 0.05) is 54.6 Å². The topological polar surface area (TPSA) is 69.9 Å². The quantitative estimate of drug-likeness (QED) is 0.179. The predicted octanol–water partition coefficient (Wildman–Crippen LogP) is 14.1. The van der Waals surface area contributed by atoms with E-state index in [0.717, 1.165) is 109 Å². The number of benzene rings is 9. The fourth-order valence-electron chi connectivity index (χ4n) is 9.21. The van der Waals surface area contributed by atoms with E-state index in [2.05, 4.69) is 120 Å². The predicted molar refractivity (Wildman–Crippen MR) is 240 cm³/mol. The van der Waals surface area contributed by atoms with Crippen LogP contribution in [0, 0.1) is 0 Å². The molecule has 4 aromatic heterocycles. The monoisotopic (exact) mass is 754 g/mol. The van der Waals surface area contributed by atoms with Gasteiger partial charge < -0.3 is 8.83 Å². The maximum atomic E-state index is 6.84. The van der Waals surface area contributed by atoms with Crippen LogP contribution in [0.1, 0.15) is 0 Å². The molecule has 0 aliphatic carbocycles. The van der Waals surface area contributed by atoms with Crippen LogP contribution in [-0.2, 0) is 0 Å². The summed E-state index contributed by atoms with van der Waals surface area (Å²) in [5.41, 5.74) is 9.09. The summed E-state index contributed by atoms with van der Waals surface area (Å²) in [6.45, 7) is 0. The Hall–Kier alpha value is -8.09. The van der Waals surface area contributed by atoms with Crippen molar-refractivity contribution >= 4 is 87.2 Å². The summed E-state index contributed by atoms with van der Waals surface area (Å²) < 4.78 is 15.4. The van der Waals surface area contributed by atoms with Crippen molar-refractivity contribution in [2.75, 3.05) is 0 Å². The minimum absolute atomic E-state index is 0.516. The van der Waals surface area contributed by atoms with Crippen LogP contribution < -0.4 is 0 Å². The lowest BCUT2D eigenvalue weighted by atomic mass is 9.93. The largest absolute Gasteiger partial charge is 0.456 e. The highest BCUT2D eigenvalue weighted by Crippen LogP contribution is 2.46. The van der Waals surface area contributed by atoms with Crippen molar-refractivity contribution in [1.29, 1.82) is 0 Å². The Bertz CT molecular complexity index is 3860. The molecule has 0 aliphatic heterocycles. The summed E-state index contributed by atoms with van der Waals surface area (Å²) in [6, 6.07) is 63.2. The van der Waals surface area contributed by atoms with E-state index in [0.29, 0.717) is 17.6 Å². The van der Waals surface area contributed by atoms with E-state index in [-0.39, 0.29) is 0 Å². The molecule has 13 rings (SSSR count). The van der Waals surface area contributed by atoms with Gasteiger partial charge in [0.1, 0.15) is 22.3 Å². The van der Waals surface area contributed by atoms with E-state index in [1.165, 1.54) is 0 Å². The van der Waals surface area contributed by atoms with Crippen LogP contribution in [0.15, 0.2) is 191 Å². The first kappa shape index (κ1) is 32.0. The number of nitrogens with zero attached hydrogens (tertiary/aromatic N) is 4. The van der Waals surface area contributed by atoms with Crippen molar-refractivity contribution in [3.05, 3.63) is 182 Å². The van der Waals surface area contributed by atoms with E-state index in [1.54, 1.807) is 0 Å². The number of rotatable bonds is 4. The van der Waals surface area contributed by atoms with Crippen LogP contribution in [0.4, 0.5) is 0 Å². The third-order valence-electron chi connectivity index (χ3n) is 11.8. The molecule has 0 bridgehead atoms. The van der Waals surface area contributed by atoms with Crippen molar-refractivity contribution in [1.82, 2.24) is 19.5 Å². The minimum atomic E-state index is 0.516. The molecular formula is C53H30N4O2. The van der Waals surface area contributed by atoms with Gasteiger partial charge in [-0.3, -0.25) is 4.57 Å². The van der Waals surface area contributed by atoms with Gasteiger partial charge in [-0.1, -0.05) is 146 Å². The zero-order valence-electron chi connectivity index (χ0n) is 31.4. The maximum Gasteiger partial charge on any atom is 0.238 e. The molecule has 6 heteroatoms. The molecule has 0 atom stereocenters. The lowest BCUT2D eigenvalue weighted by molar-refractivity contribution is 0.669. The summed E-state index contributed by atoms with van der Waals surface area (Å²) in [5, 5.41) is 11.1. The normalized spacial score (nSPS) is 12.1. The molecule has 0 fully saturated rings. The van der Waals surface area contributed by atoms with Crippen LogP contribution in [0.25, 0.3) is 127 Å². The second-order valence-corrected chi connectivity index (χ2v) is 15.1. The van der Waals surface area contributed by atoms with Crippen molar-refractivity contribution in [2.45, 2.75) is 0 Å². The highest BCUT2D eigenvalue weighted by Gasteiger charge is 2.25. The van der Waals surface area contributed by atoms with Gasteiger partial charge in [-0.05, 0) is 57.9 Å². The SMILES string of the molecule is c1ccc(-c2nc(-c3ccc4c(c3)oc3ccccc34)nc(-n3c4ccc5ccccc5c4c4cccc(-c5c6ccccc6cc6c5oc5ccccc56)c43)n2)cc1. The van der Waals surface area contributed by atoms with Gasteiger partial charge >= 0.3 is 0 Å². The van der Waals surface area contributed by atoms with Crippen LogP contribution in [0.2, 0.25) is 0 Å². The highest BCUT2D eigenvalue weighted by atomic mass is 16.3. The van der Waals surface area contributed by atoms with Crippen LogP contribution in [0.5, 0.6) is 0 Å². The molecule has 0 radical (unpaired) electrons. The zero-order valence-corrected chi connectivity index (χ0v) is 31.4. The number of fused-ring (bicyclic) bond motifs is 12. The van der Waals surface area contributed by atoms with Gasteiger partial charge in [-0.25, -0.2) is 4.98 Å². The maximum absolute atomic E-state index is 6.84. The summed E-state index contributed by atoms with van der Waals surface area (Å²) in [4.78, 5) is 15.9. The van der Waals surface area contributed by atoms with Crippen LogP contribution in [0.3, 0.4) is 0 Å². The second kappa shape index (κ2) is 12.2. The molecule has 0 amide bonds. The van der Waals surface area contributed by atoms with Gasteiger partial charge in [0.2, 0.25) is 5.95 Å². The molecule has 274 valence electrons. The third-order valence-corrected chi connectivity index (χ3v) is 11.8. The Morgan fingerprint density at radius 1 is 0.390 bits per heavy atom. The van der Waals surface area contributed by atoms with Gasteiger partial charge in [-0.2, -0.15) is 9.97 Å². The van der Waals surface area contributed by atoms with Crippen molar-refractivity contribution in [3.8, 4) is 39.9 Å². The summed E-state index contributed by atoms with van der Waals surface area (Å²) >= 11 is 0. The van der Waals surface area contributed by atoms with Gasteiger partial charge in [0.25, 0.3) is 0 Å². The molecule has 0 saturated heterocycles. The number of aromatic nitrogens is 4. The summed E-state index contributed by atoms with van der Waals surface area (Å²) in [6.07, 6.45) is 0. The summed E-state index contributed by atoms with van der Waals surface area (Å²) in [7, 11) is 0. The number of hydrogen-bond donors (Lipinski definition) is 0. The van der Waals surface area contributed by atoms with Gasteiger partial charge in [0.05, 0.1) is 11.0 Å². The number of furan rings is 2. The van der Waals surface area contributed by atoms with E-state index in [1.807, 2.05) is 66.7 Å². The molecule has 4 heterocycles. The average Bonchev–Trinajstić information content (AvgIpc) is 3.98. The Labute approximate surface area is 336 Å². The van der Waals surface area contributed by atoms with E-state index >= 15 is 0 Å². The van der Waals surface area contributed by atoms with Crippen molar-refractivity contribution in [2.24, 2.45) is 0 Å². The lowest BCUT2D eigenvalue weighted by Crippen LogP contribution is -2.07. The smallest absolute Gasteiger partial charge is 0.238 e. The van der Waals surface area contributed by atoms with Crippen molar-refractivity contribution < 1.29 is 8.83 Å². The molecule has 0 spiro atoms. The van der Waals surface area contributed by atoms with Gasteiger partial charge in [0.15, 0.2) is 11.6 Å². The molecule has 59 heavy (non-hydrogen) atoms. The van der Waals surface area contributed by atoms with Crippen molar-refractivity contribution in [3.63, 3.8) is 0 Å². The average molecular weight is 755 g/mol. The Kier molecular flexibility index (Phi) is 6.63. The van der Waals surface area contributed by atoms with Crippen LogP contribution >= 0.6 is 0 Å². The Balaban J connectivity index is 1.18. The molecule has 6 nitrogen and oxygen atoms in total. The molecule has 13 aromatic rings. The first-order chi connectivity index (χ1) is 29.2. The number of para-hydroxylation sites is 3. The first-order valence-electron chi connectivity index (χ1n) is 19.8. The van der Waals surface area contributed by atoms with Gasteiger partial charge in [-0.15, -0.1) is 0 Å². The molecule has 0 aliphatic rings.